The first kappa shape index (κ1) is 12.9. The number of ether oxygens (including phenoxy) is 2. The molecule has 0 fully saturated rings. The van der Waals surface area contributed by atoms with E-state index in [0.717, 1.165) is 32.6 Å². The van der Waals surface area contributed by atoms with Gasteiger partial charge >= 0.3 is 0 Å². The van der Waals surface area contributed by atoms with Gasteiger partial charge in [0.1, 0.15) is 5.01 Å². The van der Waals surface area contributed by atoms with Crippen molar-refractivity contribution in [1.29, 1.82) is 0 Å². The van der Waals surface area contributed by atoms with E-state index in [2.05, 4.69) is 4.98 Å². The highest BCUT2D eigenvalue weighted by molar-refractivity contribution is 7.15. The molecule has 96 valence electrons. The van der Waals surface area contributed by atoms with Crippen molar-refractivity contribution >= 4 is 11.3 Å². The monoisotopic (exact) mass is 264 g/mol. The minimum Gasteiger partial charge on any atom is -0.493 e. The van der Waals surface area contributed by atoms with Crippen LogP contribution in [0, 0.1) is 6.92 Å². The van der Waals surface area contributed by atoms with Crippen molar-refractivity contribution in [2.45, 2.75) is 13.5 Å². The predicted octanol–water partition coefficient (Wildman–Crippen LogP) is 2.59. The molecule has 0 radical (unpaired) electrons. The van der Waals surface area contributed by atoms with Crippen molar-refractivity contribution in [3.05, 3.63) is 28.9 Å². The van der Waals surface area contributed by atoms with Gasteiger partial charge in [0, 0.05) is 6.54 Å². The molecular weight excluding hydrogens is 248 g/mol. The lowest BCUT2D eigenvalue weighted by Crippen LogP contribution is -1.94. The van der Waals surface area contributed by atoms with Gasteiger partial charge in [0.15, 0.2) is 11.5 Å². The Labute approximate surface area is 110 Å². The maximum absolute atomic E-state index is 5.62. The highest BCUT2D eigenvalue weighted by Crippen LogP contribution is 2.36. The molecule has 0 aliphatic carbocycles. The van der Waals surface area contributed by atoms with E-state index in [-0.39, 0.29) is 0 Å². The van der Waals surface area contributed by atoms with Gasteiger partial charge < -0.3 is 15.2 Å². The molecule has 2 N–H and O–H groups in total. The van der Waals surface area contributed by atoms with E-state index < -0.39 is 0 Å². The summed E-state index contributed by atoms with van der Waals surface area (Å²) < 4.78 is 10.5. The third-order valence-electron chi connectivity index (χ3n) is 2.66. The fourth-order valence-electron chi connectivity index (χ4n) is 1.78. The van der Waals surface area contributed by atoms with Gasteiger partial charge in [-0.25, -0.2) is 4.98 Å². The Morgan fingerprint density at radius 2 is 1.94 bits per heavy atom. The van der Waals surface area contributed by atoms with Gasteiger partial charge in [0.25, 0.3) is 0 Å². The van der Waals surface area contributed by atoms with Crippen LogP contribution in [0.15, 0.2) is 18.2 Å². The summed E-state index contributed by atoms with van der Waals surface area (Å²) in [7, 11) is 3.26. The van der Waals surface area contributed by atoms with Crippen LogP contribution in [0.3, 0.4) is 0 Å². The van der Waals surface area contributed by atoms with Crippen LogP contribution in [0.4, 0.5) is 0 Å². The van der Waals surface area contributed by atoms with Crippen LogP contribution in [0.2, 0.25) is 0 Å². The number of rotatable bonds is 4. The van der Waals surface area contributed by atoms with Crippen LogP contribution in [0.1, 0.15) is 10.7 Å². The largest absolute Gasteiger partial charge is 0.493 e. The van der Waals surface area contributed by atoms with E-state index in [1.54, 1.807) is 25.6 Å². The Morgan fingerprint density at radius 3 is 2.50 bits per heavy atom. The fourth-order valence-corrected chi connectivity index (χ4v) is 2.72. The molecule has 5 heteroatoms. The lowest BCUT2D eigenvalue weighted by Gasteiger charge is -2.08. The first-order valence-corrected chi connectivity index (χ1v) is 6.40. The van der Waals surface area contributed by atoms with Gasteiger partial charge in [0.2, 0.25) is 0 Å². The quantitative estimate of drug-likeness (QED) is 0.922. The molecule has 0 bridgehead atoms. The molecule has 4 nitrogen and oxygen atoms in total. The van der Waals surface area contributed by atoms with E-state index in [0.29, 0.717) is 6.54 Å². The van der Waals surface area contributed by atoms with Crippen LogP contribution >= 0.6 is 11.3 Å². The van der Waals surface area contributed by atoms with Gasteiger partial charge in [-0.15, -0.1) is 11.3 Å². The summed E-state index contributed by atoms with van der Waals surface area (Å²) in [6, 6.07) is 5.86. The number of benzene rings is 1. The molecule has 0 saturated carbocycles. The highest BCUT2D eigenvalue weighted by atomic mass is 32.1. The van der Waals surface area contributed by atoms with Gasteiger partial charge in [-0.3, -0.25) is 0 Å². The topological polar surface area (TPSA) is 57.4 Å². The van der Waals surface area contributed by atoms with Crippen molar-refractivity contribution in [2.75, 3.05) is 14.2 Å². The molecular formula is C13H16N2O2S. The number of aromatic nitrogens is 1. The smallest absolute Gasteiger partial charge is 0.161 e. The molecule has 2 rings (SSSR count). The molecule has 0 aliphatic rings. The van der Waals surface area contributed by atoms with Crippen LogP contribution in [0.25, 0.3) is 10.4 Å². The molecule has 0 amide bonds. The fraction of sp³-hybridized carbons (Fsp3) is 0.308. The van der Waals surface area contributed by atoms with E-state index in [9.17, 15) is 0 Å². The van der Waals surface area contributed by atoms with Gasteiger partial charge in [-0.1, -0.05) is 0 Å². The predicted molar refractivity (Wildman–Crippen MR) is 73.3 cm³/mol. The van der Waals surface area contributed by atoms with Crippen molar-refractivity contribution in [3.63, 3.8) is 0 Å². The number of nitrogens with two attached hydrogens (primary N) is 1. The van der Waals surface area contributed by atoms with E-state index in [1.807, 2.05) is 25.1 Å². The Bertz CT molecular complexity index is 552. The lowest BCUT2D eigenvalue weighted by atomic mass is 10.1. The van der Waals surface area contributed by atoms with E-state index in [4.69, 9.17) is 15.2 Å². The zero-order valence-electron chi connectivity index (χ0n) is 10.7. The first-order valence-electron chi connectivity index (χ1n) is 5.58. The average Bonchev–Trinajstić information content (AvgIpc) is 2.79. The summed E-state index contributed by atoms with van der Waals surface area (Å²) in [5.74, 6) is 1.44. The molecule has 1 heterocycles. The zero-order valence-corrected chi connectivity index (χ0v) is 11.5. The van der Waals surface area contributed by atoms with Gasteiger partial charge in [0.05, 0.1) is 24.8 Å². The minimum absolute atomic E-state index is 0.471. The van der Waals surface area contributed by atoms with Crippen molar-refractivity contribution in [1.82, 2.24) is 4.98 Å². The summed E-state index contributed by atoms with van der Waals surface area (Å²) >= 11 is 1.61. The standard InChI is InChI=1S/C13H16N2O2S/c1-8-13(18-12(7-14)15-8)9-4-5-10(16-2)11(6-9)17-3/h4-6H,7,14H2,1-3H3. The second kappa shape index (κ2) is 5.37. The van der Waals surface area contributed by atoms with Gasteiger partial charge in [-0.05, 0) is 30.7 Å². The number of hydrogen-bond donors (Lipinski definition) is 1. The Morgan fingerprint density at radius 1 is 1.22 bits per heavy atom. The van der Waals surface area contributed by atoms with E-state index >= 15 is 0 Å². The Hall–Kier alpha value is -1.59. The zero-order chi connectivity index (χ0) is 13.1. The Kier molecular flexibility index (Phi) is 3.84. The van der Waals surface area contributed by atoms with Crippen LogP contribution in [0.5, 0.6) is 11.5 Å². The molecule has 1 aromatic carbocycles. The van der Waals surface area contributed by atoms with Crippen molar-refractivity contribution in [2.24, 2.45) is 5.73 Å². The van der Waals surface area contributed by atoms with Crippen LogP contribution in [-0.2, 0) is 6.54 Å². The maximum atomic E-state index is 5.62. The molecule has 0 aliphatic heterocycles. The van der Waals surface area contributed by atoms with E-state index in [1.165, 1.54) is 0 Å². The highest BCUT2D eigenvalue weighted by Gasteiger charge is 2.11. The molecule has 0 saturated heterocycles. The molecule has 1 aromatic heterocycles. The summed E-state index contributed by atoms with van der Waals surface area (Å²) in [6.45, 7) is 2.46. The third-order valence-corrected chi connectivity index (χ3v) is 3.89. The number of hydrogen-bond acceptors (Lipinski definition) is 5. The summed E-state index contributed by atoms with van der Waals surface area (Å²) in [5, 5.41) is 0.942. The van der Waals surface area contributed by atoms with Crippen LogP contribution < -0.4 is 15.2 Å². The number of thiazole rings is 1. The van der Waals surface area contributed by atoms with Gasteiger partial charge in [-0.2, -0.15) is 0 Å². The van der Waals surface area contributed by atoms with Crippen LogP contribution in [-0.4, -0.2) is 19.2 Å². The molecule has 0 atom stereocenters. The third kappa shape index (κ3) is 2.32. The number of aryl methyl sites for hydroxylation is 1. The Balaban J connectivity index is 2.47. The van der Waals surface area contributed by atoms with Crippen molar-refractivity contribution in [3.8, 4) is 21.9 Å². The molecule has 0 spiro atoms. The molecule has 2 aromatic rings. The maximum Gasteiger partial charge on any atom is 0.161 e. The first-order chi connectivity index (χ1) is 8.69. The number of methoxy groups -OCH3 is 2. The summed E-state index contributed by atoms with van der Waals surface area (Å²) in [5.41, 5.74) is 7.68. The van der Waals surface area contributed by atoms with Crippen molar-refractivity contribution < 1.29 is 9.47 Å². The lowest BCUT2D eigenvalue weighted by molar-refractivity contribution is 0.355. The normalized spacial score (nSPS) is 10.4. The second-order valence-electron chi connectivity index (χ2n) is 3.80. The minimum atomic E-state index is 0.471. The molecule has 0 unspecified atom stereocenters. The SMILES string of the molecule is COc1ccc(-c2sc(CN)nc2C)cc1OC. The second-order valence-corrected chi connectivity index (χ2v) is 4.88. The summed E-state index contributed by atoms with van der Waals surface area (Å²) in [6.07, 6.45) is 0. The average molecular weight is 264 g/mol. The summed E-state index contributed by atoms with van der Waals surface area (Å²) in [4.78, 5) is 5.55. The number of nitrogens with zero attached hydrogens (tertiary/aromatic N) is 1. The molecule has 18 heavy (non-hydrogen) atoms.